The highest BCUT2D eigenvalue weighted by molar-refractivity contribution is 7.89. The summed E-state index contributed by atoms with van der Waals surface area (Å²) >= 11 is 0. The van der Waals surface area contributed by atoms with Crippen LogP contribution in [0.1, 0.15) is 25.7 Å². The minimum absolute atomic E-state index is 0.277. The van der Waals surface area contributed by atoms with E-state index in [2.05, 4.69) is 4.72 Å². The summed E-state index contributed by atoms with van der Waals surface area (Å²) in [4.78, 5) is -0.607. The van der Waals surface area contributed by atoms with Crippen molar-refractivity contribution in [3.05, 3.63) is 23.8 Å². The van der Waals surface area contributed by atoms with E-state index in [1.807, 2.05) is 0 Å². The number of halogens is 2. The molecule has 3 N–H and O–H groups in total. The molecule has 106 valence electrons. The lowest BCUT2D eigenvalue weighted by atomic mass is 10.1. The van der Waals surface area contributed by atoms with Gasteiger partial charge in [0.05, 0.1) is 5.69 Å². The highest BCUT2D eigenvalue weighted by Gasteiger charge is 2.23. The molecule has 0 saturated heterocycles. The lowest BCUT2D eigenvalue weighted by molar-refractivity contribution is 0.512. The van der Waals surface area contributed by atoms with Crippen molar-refractivity contribution in [1.29, 1.82) is 0 Å². The fraction of sp³-hybridized carbons (Fsp3) is 0.500. The Balaban J connectivity index is 2.16. The van der Waals surface area contributed by atoms with Gasteiger partial charge in [-0.05, 0) is 24.8 Å². The summed E-state index contributed by atoms with van der Waals surface area (Å²) in [6.07, 6.45) is 4.11. The Morgan fingerprint density at radius 2 is 1.84 bits per heavy atom. The van der Waals surface area contributed by atoms with Crippen LogP contribution in [-0.4, -0.2) is 15.0 Å². The zero-order valence-electron chi connectivity index (χ0n) is 10.3. The average Bonchev–Trinajstić information content (AvgIpc) is 2.84. The summed E-state index contributed by atoms with van der Waals surface area (Å²) in [5.74, 6) is -1.81. The van der Waals surface area contributed by atoms with Gasteiger partial charge in [0.25, 0.3) is 0 Å². The summed E-state index contributed by atoms with van der Waals surface area (Å²) in [7, 11) is -3.99. The Kier molecular flexibility index (Phi) is 4.05. The molecule has 19 heavy (non-hydrogen) atoms. The number of hydrogen-bond donors (Lipinski definition) is 2. The van der Waals surface area contributed by atoms with E-state index in [0.29, 0.717) is 6.07 Å². The first-order valence-corrected chi connectivity index (χ1v) is 7.62. The number of nitrogens with one attached hydrogen (secondary N) is 1. The van der Waals surface area contributed by atoms with Gasteiger partial charge in [0, 0.05) is 12.6 Å². The van der Waals surface area contributed by atoms with Crippen LogP contribution in [0, 0.1) is 17.6 Å². The van der Waals surface area contributed by atoms with Crippen molar-refractivity contribution in [1.82, 2.24) is 4.72 Å². The standard InChI is InChI=1S/C12H16F2N2O2S/c13-9-5-10(14)12(6-11(9)15)19(17,18)16-7-8-3-1-2-4-8/h5-6,8,16H,1-4,7,15H2. The van der Waals surface area contributed by atoms with Crippen LogP contribution in [0.15, 0.2) is 17.0 Å². The van der Waals surface area contributed by atoms with Crippen molar-refractivity contribution in [2.24, 2.45) is 5.92 Å². The maximum atomic E-state index is 13.5. The molecule has 1 aliphatic carbocycles. The van der Waals surface area contributed by atoms with Crippen LogP contribution in [-0.2, 0) is 10.0 Å². The van der Waals surface area contributed by atoms with Crippen molar-refractivity contribution in [2.45, 2.75) is 30.6 Å². The molecule has 0 unspecified atom stereocenters. The fourth-order valence-corrected chi connectivity index (χ4v) is 3.48. The number of nitrogen functional groups attached to an aromatic ring is 1. The molecule has 1 saturated carbocycles. The van der Waals surface area contributed by atoms with Gasteiger partial charge in [0.2, 0.25) is 10.0 Å². The first-order chi connectivity index (χ1) is 8.90. The van der Waals surface area contributed by atoms with Gasteiger partial charge < -0.3 is 5.73 Å². The first kappa shape index (κ1) is 14.2. The van der Waals surface area contributed by atoms with E-state index in [-0.39, 0.29) is 18.2 Å². The maximum absolute atomic E-state index is 13.5. The molecule has 1 fully saturated rings. The average molecular weight is 290 g/mol. The van der Waals surface area contributed by atoms with Crippen LogP contribution in [0.3, 0.4) is 0 Å². The number of hydrogen-bond acceptors (Lipinski definition) is 3. The normalized spacial score (nSPS) is 16.9. The van der Waals surface area contributed by atoms with Crippen LogP contribution in [0.5, 0.6) is 0 Å². The smallest absolute Gasteiger partial charge is 0.243 e. The number of nitrogens with two attached hydrogens (primary N) is 1. The van der Waals surface area contributed by atoms with E-state index < -0.39 is 26.6 Å². The molecular formula is C12H16F2N2O2S. The summed E-state index contributed by atoms with van der Waals surface area (Å²) in [6.45, 7) is 0.277. The molecule has 0 radical (unpaired) electrons. The first-order valence-electron chi connectivity index (χ1n) is 6.14. The molecule has 0 heterocycles. The molecule has 1 aromatic carbocycles. The molecule has 7 heteroatoms. The minimum Gasteiger partial charge on any atom is -0.396 e. The van der Waals surface area contributed by atoms with Crippen LogP contribution in [0.4, 0.5) is 14.5 Å². The molecule has 0 atom stereocenters. The second-order valence-electron chi connectivity index (χ2n) is 4.81. The van der Waals surface area contributed by atoms with E-state index in [0.717, 1.165) is 31.7 Å². The van der Waals surface area contributed by atoms with Crippen LogP contribution in [0.2, 0.25) is 0 Å². The second-order valence-corrected chi connectivity index (χ2v) is 6.54. The molecule has 0 aromatic heterocycles. The quantitative estimate of drug-likeness (QED) is 0.833. The van der Waals surface area contributed by atoms with Crippen molar-refractivity contribution < 1.29 is 17.2 Å². The van der Waals surface area contributed by atoms with Crippen LogP contribution in [0.25, 0.3) is 0 Å². The fourth-order valence-electron chi connectivity index (χ4n) is 2.27. The Hall–Kier alpha value is -1.21. The number of sulfonamides is 1. The lowest BCUT2D eigenvalue weighted by Gasteiger charge is -2.12. The van der Waals surface area contributed by atoms with Gasteiger partial charge in [-0.15, -0.1) is 0 Å². The largest absolute Gasteiger partial charge is 0.396 e. The molecular weight excluding hydrogens is 274 g/mol. The van der Waals surface area contributed by atoms with E-state index in [1.54, 1.807) is 0 Å². The van der Waals surface area contributed by atoms with E-state index in [9.17, 15) is 17.2 Å². The monoisotopic (exact) mass is 290 g/mol. The maximum Gasteiger partial charge on any atom is 0.243 e. The predicted octanol–water partition coefficient (Wildman–Crippen LogP) is 2.02. The van der Waals surface area contributed by atoms with Gasteiger partial charge in [-0.2, -0.15) is 0 Å². The Morgan fingerprint density at radius 1 is 1.21 bits per heavy atom. The van der Waals surface area contributed by atoms with Gasteiger partial charge in [0.1, 0.15) is 16.5 Å². The van der Waals surface area contributed by atoms with Crippen molar-refractivity contribution in [3.63, 3.8) is 0 Å². The number of anilines is 1. The Bertz CT molecular complexity index is 569. The topological polar surface area (TPSA) is 72.2 Å². The highest BCUT2D eigenvalue weighted by Crippen LogP contribution is 2.25. The molecule has 0 amide bonds. The van der Waals surface area contributed by atoms with Crippen molar-refractivity contribution >= 4 is 15.7 Å². The van der Waals surface area contributed by atoms with Gasteiger partial charge in [0.15, 0.2) is 0 Å². The number of rotatable bonds is 4. The van der Waals surface area contributed by atoms with E-state index in [4.69, 9.17) is 5.73 Å². The predicted molar refractivity (Wildman–Crippen MR) is 67.9 cm³/mol. The molecule has 4 nitrogen and oxygen atoms in total. The molecule has 0 aliphatic heterocycles. The Morgan fingerprint density at radius 3 is 2.47 bits per heavy atom. The van der Waals surface area contributed by atoms with E-state index in [1.165, 1.54) is 0 Å². The summed E-state index contributed by atoms with van der Waals surface area (Å²) in [5.41, 5.74) is 4.88. The molecule has 0 bridgehead atoms. The van der Waals surface area contributed by atoms with Crippen LogP contribution >= 0.6 is 0 Å². The highest BCUT2D eigenvalue weighted by atomic mass is 32.2. The summed E-state index contributed by atoms with van der Waals surface area (Å²) in [6, 6.07) is 1.29. The van der Waals surface area contributed by atoms with Gasteiger partial charge in [-0.25, -0.2) is 21.9 Å². The van der Waals surface area contributed by atoms with Crippen LogP contribution < -0.4 is 10.5 Å². The Labute approximate surface area is 111 Å². The van der Waals surface area contributed by atoms with E-state index >= 15 is 0 Å². The zero-order chi connectivity index (χ0) is 14.0. The van der Waals surface area contributed by atoms with Crippen molar-refractivity contribution in [3.8, 4) is 0 Å². The van der Waals surface area contributed by atoms with Gasteiger partial charge in [-0.3, -0.25) is 0 Å². The SMILES string of the molecule is Nc1cc(S(=O)(=O)NCC2CCCC2)c(F)cc1F. The third kappa shape index (κ3) is 3.22. The molecule has 0 spiro atoms. The van der Waals surface area contributed by atoms with Gasteiger partial charge in [-0.1, -0.05) is 12.8 Å². The summed E-state index contributed by atoms with van der Waals surface area (Å²) in [5, 5.41) is 0. The zero-order valence-corrected chi connectivity index (χ0v) is 11.1. The third-order valence-electron chi connectivity index (χ3n) is 3.38. The van der Waals surface area contributed by atoms with Crippen molar-refractivity contribution in [2.75, 3.05) is 12.3 Å². The second kappa shape index (κ2) is 5.42. The molecule has 2 rings (SSSR count). The number of benzene rings is 1. The summed E-state index contributed by atoms with van der Waals surface area (Å²) < 4.78 is 52.8. The molecule has 1 aromatic rings. The molecule has 1 aliphatic rings. The minimum atomic E-state index is -3.99. The third-order valence-corrected chi connectivity index (χ3v) is 4.82. The van der Waals surface area contributed by atoms with Gasteiger partial charge >= 0.3 is 0 Å². The lowest BCUT2D eigenvalue weighted by Crippen LogP contribution is -2.29.